The molecule has 2 fully saturated rings. The molecule has 1 saturated carbocycles. The summed E-state index contributed by atoms with van der Waals surface area (Å²) in [4.78, 5) is 27.9. The zero-order valence-corrected chi connectivity index (χ0v) is 19.3. The third kappa shape index (κ3) is 3.72. The van der Waals surface area contributed by atoms with Gasteiger partial charge in [0.25, 0.3) is 0 Å². The van der Waals surface area contributed by atoms with Crippen LogP contribution < -0.4 is 5.32 Å². The molecule has 0 radical (unpaired) electrons. The lowest BCUT2D eigenvalue weighted by Crippen LogP contribution is -2.41. The van der Waals surface area contributed by atoms with Gasteiger partial charge in [0, 0.05) is 41.3 Å². The standard InChI is InChI=1S/C26H26FN5O2/c1-15-19-12-29-23(31-24(33)16-4-5-16)11-18(19)20(13-28-15)25-30-21-10-17(6-7-22(21)34-25)26(27)8-3-9-32(2)14-26/h6-7,10-13,16H,3-5,8-9,14H2,1-2H3,(H,29,31,33). The molecule has 174 valence electrons. The van der Waals surface area contributed by atoms with Crippen LogP contribution in [-0.2, 0) is 10.5 Å². The maximum absolute atomic E-state index is 15.7. The first kappa shape index (κ1) is 21.2. The summed E-state index contributed by atoms with van der Waals surface area (Å²) in [5.41, 5.74) is 1.98. The van der Waals surface area contributed by atoms with Crippen molar-refractivity contribution in [3.63, 3.8) is 0 Å². The van der Waals surface area contributed by atoms with Crippen LogP contribution in [0.25, 0.3) is 33.3 Å². The number of piperidine rings is 1. The summed E-state index contributed by atoms with van der Waals surface area (Å²) in [6.07, 6.45) is 6.62. The minimum absolute atomic E-state index is 0.00192. The van der Waals surface area contributed by atoms with Crippen molar-refractivity contribution in [2.75, 3.05) is 25.5 Å². The molecule has 4 aromatic rings. The van der Waals surface area contributed by atoms with Gasteiger partial charge in [0.2, 0.25) is 11.8 Å². The van der Waals surface area contributed by atoms with Gasteiger partial charge in [-0.25, -0.2) is 14.4 Å². The number of nitrogens with one attached hydrogen (secondary N) is 1. The Morgan fingerprint density at radius 1 is 1.21 bits per heavy atom. The number of aryl methyl sites for hydroxylation is 1. The summed E-state index contributed by atoms with van der Waals surface area (Å²) in [6, 6.07) is 7.24. The predicted molar refractivity (Wildman–Crippen MR) is 128 cm³/mol. The number of fused-ring (bicyclic) bond motifs is 2. The van der Waals surface area contributed by atoms with E-state index in [9.17, 15) is 4.79 Å². The molecule has 1 N–H and O–H groups in total. The van der Waals surface area contributed by atoms with E-state index in [4.69, 9.17) is 9.40 Å². The Morgan fingerprint density at radius 3 is 2.85 bits per heavy atom. The second-order valence-electron chi connectivity index (χ2n) is 9.64. The largest absolute Gasteiger partial charge is 0.436 e. The minimum Gasteiger partial charge on any atom is -0.436 e. The molecule has 1 aliphatic carbocycles. The van der Waals surface area contributed by atoms with E-state index in [1.54, 1.807) is 30.6 Å². The third-order valence-corrected chi connectivity index (χ3v) is 6.94. The molecular weight excluding hydrogens is 433 g/mol. The number of likely N-dealkylation sites (tertiary alicyclic amines) is 1. The molecule has 1 amide bonds. The molecule has 1 atom stereocenters. The van der Waals surface area contributed by atoms with Gasteiger partial charge >= 0.3 is 0 Å². The number of rotatable bonds is 4. The summed E-state index contributed by atoms with van der Waals surface area (Å²) in [5.74, 6) is 0.992. The van der Waals surface area contributed by atoms with Crippen molar-refractivity contribution in [1.29, 1.82) is 0 Å². The summed E-state index contributed by atoms with van der Waals surface area (Å²) in [5, 5.41) is 4.61. The number of pyridine rings is 2. The van der Waals surface area contributed by atoms with E-state index in [-0.39, 0.29) is 11.8 Å². The van der Waals surface area contributed by atoms with Gasteiger partial charge < -0.3 is 14.6 Å². The van der Waals surface area contributed by atoms with E-state index in [0.717, 1.165) is 42.3 Å². The van der Waals surface area contributed by atoms with Crippen LogP contribution in [0.4, 0.5) is 10.2 Å². The lowest BCUT2D eigenvalue weighted by atomic mass is 9.87. The van der Waals surface area contributed by atoms with Gasteiger partial charge in [-0.1, -0.05) is 6.07 Å². The second kappa shape index (κ2) is 7.84. The maximum Gasteiger partial charge on any atom is 0.229 e. The van der Waals surface area contributed by atoms with Gasteiger partial charge in [0.1, 0.15) is 17.0 Å². The maximum atomic E-state index is 15.7. The number of halogens is 1. The Labute approximate surface area is 196 Å². The first-order valence-corrected chi connectivity index (χ1v) is 11.7. The van der Waals surface area contributed by atoms with Gasteiger partial charge in [-0.05, 0) is 70.0 Å². The Balaban J connectivity index is 1.40. The average molecular weight is 460 g/mol. The molecule has 6 rings (SSSR count). The van der Waals surface area contributed by atoms with E-state index in [2.05, 4.69) is 15.3 Å². The molecule has 0 bridgehead atoms. The molecule has 3 aromatic heterocycles. The Kier molecular flexibility index (Phi) is 4.88. The van der Waals surface area contributed by atoms with Gasteiger partial charge in [-0.15, -0.1) is 0 Å². The van der Waals surface area contributed by atoms with Crippen molar-refractivity contribution in [3.05, 3.63) is 47.9 Å². The zero-order chi connectivity index (χ0) is 23.4. The van der Waals surface area contributed by atoms with Crippen LogP contribution in [0.15, 0.2) is 41.1 Å². The molecule has 1 aliphatic heterocycles. The van der Waals surface area contributed by atoms with Gasteiger partial charge in [0.05, 0.1) is 5.56 Å². The van der Waals surface area contributed by atoms with Crippen molar-refractivity contribution >= 4 is 33.6 Å². The van der Waals surface area contributed by atoms with Crippen LogP contribution in [-0.4, -0.2) is 45.9 Å². The number of hydrogen-bond donors (Lipinski definition) is 1. The lowest BCUT2D eigenvalue weighted by Gasteiger charge is -2.35. The number of amides is 1. The van der Waals surface area contributed by atoms with Crippen LogP contribution in [0.3, 0.4) is 0 Å². The molecule has 1 aromatic carbocycles. The van der Waals surface area contributed by atoms with E-state index in [1.165, 1.54) is 0 Å². The molecule has 2 aliphatic rings. The first-order valence-electron chi connectivity index (χ1n) is 11.7. The number of hydrogen-bond acceptors (Lipinski definition) is 6. The number of carbonyl (C=O) groups is 1. The molecule has 0 spiro atoms. The quantitative estimate of drug-likeness (QED) is 0.463. The minimum atomic E-state index is -1.39. The van der Waals surface area contributed by atoms with E-state index >= 15 is 4.39 Å². The number of nitrogens with zero attached hydrogens (tertiary/aromatic N) is 4. The molecule has 8 heteroatoms. The van der Waals surface area contributed by atoms with Gasteiger partial charge in [-0.3, -0.25) is 9.78 Å². The second-order valence-corrected chi connectivity index (χ2v) is 9.64. The fraction of sp³-hybridized carbons (Fsp3) is 0.385. The molecule has 1 unspecified atom stereocenters. The number of likely N-dealkylation sites (N-methyl/N-ethyl adjacent to an activating group) is 1. The predicted octanol–water partition coefficient (Wildman–Crippen LogP) is 4.99. The number of anilines is 1. The van der Waals surface area contributed by atoms with Gasteiger partial charge in [-0.2, -0.15) is 0 Å². The molecule has 34 heavy (non-hydrogen) atoms. The summed E-state index contributed by atoms with van der Waals surface area (Å²) in [7, 11) is 1.95. The van der Waals surface area contributed by atoms with Crippen molar-refractivity contribution < 1.29 is 13.6 Å². The number of alkyl halides is 1. The van der Waals surface area contributed by atoms with Crippen LogP contribution in [0.1, 0.15) is 36.9 Å². The normalized spacial score (nSPS) is 21.3. The number of oxazole rings is 1. The Hall–Kier alpha value is -3.39. The fourth-order valence-corrected chi connectivity index (χ4v) is 4.85. The highest BCUT2D eigenvalue weighted by Gasteiger charge is 2.36. The molecule has 7 nitrogen and oxygen atoms in total. The van der Waals surface area contributed by atoms with Crippen molar-refractivity contribution in [1.82, 2.24) is 19.9 Å². The number of aromatic nitrogens is 3. The topological polar surface area (TPSA) is 84.2 Å². The van der Waals surface area contributed by atoms with Crippen LogP contribution >= 0.6 is 0 Å². The highest BCUT2D eigenvalue weighted by atomic mass is 19.1. The lowest BCUT2D eigenvalue weighted by molar-refractivity contribution is -0.117. The number of carbonyl (C=O) groups excluding carboxylic acids is 1. The van der Waals surface area contributed by atoms with Crippen molar-refractivity contribution in [2.24, 2.45) is 5.92 Å². The molecule has 4 heterocycles. The van der Waals surface area contributed by atoms with Crippen LogP contribution in [0, 0.1) is 12.8 Å². The van der Waals surface area contributed by atoms with E-state index in [1.807, 2.05) is 24.9 Å². The highest BCUT2D eigenvalue weighted by molar-refractivity contribution is 6.00. The fourth-order valence-electron chi connectivity index (χ4n) is 4.85. The van der Waals surface area contributed by atoms with Crippen LogP contribution in [0.5, 0.6) is 0 Å². The SMILES string of the molecule is Cc1ncc(-c2nc3cc(C4(F)CCCN(C)C4)ccc3o2)c2cc(NC(=O)C3CC3)ncc12. The summed E-state index contributed by atoms with van der Waals surface area (Å²) < 4.78 is 21.8. The Bertz CT molecular complexity index is 1430. The third-order valence-electron chi connectivity index (χ3n) is 6.94. The van der Waals surface area contributed by atoms with E-state index < -0.39 is 5.67 Å². The summed E-state index contributed by atoms with van der Waals surface area (Å²) >= 11 is 0. The Morgan fingerprint density at radius 2 is 2.06 bits per heavy atom. The first-order chi connectivity index (χ1) is 16.4. The van der Waals surface area contributed by atoms with Gasteiger partial charge in [0.15, 0.2) is 5.58 Å². The zero-order valence-electron chi connectivity index (χ0n) is 19.3. The van der Waals surface area contributed by atoms with Crippen molar-refractivity contribution in [2.45, 2.75) is 38.3 Å². The molecular formula is C26H26FN5O2. The summed E-state index contributed by atoms with van der Waals surface area (Å²) in [6.45, 7) is 3.20. The average Bonchev–Trinajstić information content (AvgIpc) is 3.58. The smallest absolute Gasteiger partial charge is 0.229 e. The molecule has 1 saturated heterocycles. The van der Waals surface area contributed by atoms with Crippen molar-refractivity contribution in [3.8, 4) is 11.5 Å². The van der Waals surface area contributed by atoms with Crippen LogP contribution in [0.2, 0.25) is 0 Å². The monoisotopic (exact) mass is 459 g/mol. The highest BCUT2D eigenvalue weighted by Crippen LogP contribution is 2.38. The van der Waals surface area contributed by atoms with E-state index in [0.29, 0.717) is 46.9 Å². The number of benzene rings is 1.